The highest BCUT2D eigenvalue weighted by Gasteiger charge is 2.18. The number of aromatic nitrogens is 5. The number of aliphatic imine (C=N–C) groups is 1. The predicted octanol–water partition coefficient (Wildman–Crippen LogP) is 10.6. The summed E-state index contributed by atoms with van der Waals surface area (Å²) < 4.78 is 4.62. The van der Waals surface area contributed by atoms with E-state index in [0.717, 1.165) is 78.3 Å². The van der Waals surface area contributed by atoms with E-state index in [1.807, 2.05) is 48.7 Å². The fraction of sp³-hybridized carbons (Fsp3) is 0.0222. The first-order valence-corrected chi connectivity index (χ1v) is 16.9. The maximum absolute atomic E-state index is 5.04. The van der Waals surface area contributed by atoms with Gasteiger partial charge >= 0.3 is 0 Å². The van der Waals surface area contributed by atoms with Crippen LogP contribution in [-0.4, -0.2) is 36.8 Å². The van der Waals surface area contributed by atoms with Crippen LogP contribution in [0.4, 0.5) is 0 Å². The summed E-state index contributed by atoms with van der Waals surface area (Å²) in [6.45, 7) is 3.85. The topological polar surface area (TPSA) is 60.9 Å². The molecule has 0 saturated heterocycles. The van der Waals surface area contributed by atoms with Crippen molar-refractivity contribution in [1.29, 1.82) is 0 Å². The first kappa shape index (κ1) is 30.2. The van der Waals surface area contributed by atoms with Crippen molar-refractivity contribution in [3.63, 3.8) is 0 Å². The molecule has 242 valence electrons. The second-order valence-electron chi connectivity index (χ2n) is 12.4. The molecule has 0 bridgehead atoms. The maximum atomic E-state index is 5.04. The number of fused-ring (bicyclic) bond motifs is 6. The SMILES string of the molecule is C=C/C=C\C(=N/C)c1cc(-n2c3ccccc3c3ccc(-c4ccc5c(c4)c4ncccc4n5-c4ccccc4)cc32)cc(-c2ccccn2)n1. The third-order valence-electron chi connectivity index (χ3n) is 9.43. The van der Waals surface area contributed by atoms with Gasteiger partial charge in [-0.15, -0.1) is 0 Å². The molecule has 0 spiro atoms. The van der Waals surface area contributed by atoms with Crippen molar-refractivity contribution in [2.24, 2.45) is 4.99 Å². The van der Waals surface area contributed by atoms with E-state index in [1.54, 1.807) is 19.3 Å². The van der Waals surface area contributed by atoms with Gasteiger partial charge in [0.25, 0.3) is 0 Å². The van der Waals surface area contributed by atoms with Crippen LogP contribution in [0.25, 0.3) is 77.6 Å². The van der Waals surface area contributed by atoms with Crippen molar-refractivity contribution in [3.8, 4) is 33.9 Å². The molecule has 0 amide bonds. The largest absolute Gasteiger partial charge is 0.309 e. The zero-order valence-corrected chi connectivity index (χ0v) is 28.0. The Morgan fingerprint density at radius 1 is 0.588 bits per heavy atom. The lowest BCUT2D eigenvalue weighted by atomic mass is 10.0. The Morgan fingerprint density at radius 2 is 1.31 bits per heavy atom. The monoisotopic (exact) mass is 656 g/mol. The Labute approximate surface area is 295 Å². The molecule has 0 atom stereocenters. The van der Waals surface area contributed by atoms with E-state index in [0.29, 0.717) is 0 Å². The quantitative estimate of drug-likeness (QED) is 0.127. The average Bonchev–Trinajstić information content (AvgIpc) is 3.71. The third-order valence-corrected chi connectivity index (χ3v) is 9.43. The fourth-order valence-corrected chi connectivity index (χ4v) is 7.15. The minimum absolute atomic E-state index is 0.753. The lowest BCUT2D eigenvalue weighted by Gasteiger charge is -2.13. The van der Waals surface area contributed by atoms with Crippen LogP contribution < -0.4 is 0 Å². The highest BCUT2D eigenvalue weighted by molar-refractivity contribution is 6.12. The molecular weight excluding hydrogens is 625 g/mol. The van der Waals surface area contributed by atoms with E-state index in [-0.39, 0.29) is 0 Å². The summed E-state index contributed by atoms with van der Waals surface area (Å²) in [5.41, 5.74) is 12.8. The molecule has 51 heavy (non-hydrogen) atoms. The molecule has 0 aliphatic heterocycles. The van der Waals surface area contributed by atoms with E-state index in [2.05, 4.69) is 129 Å². The zero-order valence-electron chi connectivity index (χ0n) is 28.0. The number of pyridine rings is 3. The van der Waals surface area contributed by atoms with Crippen LogP contribution in [0.5, 0.6) is 0 Å². The van der Waals surface area contributed by atoms with Crippen LogP contribution in [0.1, 0.15) is 5.69 Å². The number of benzene rings is 4. The first-order valence-electron chi connectivity index (χ1n) is 16.9. The van der Waals surface area contributed by atoms with Crippen LogP contribution in [0.2, 0.25) is 0 Å². The first-order chi connectivity index (χ1) is 25.2. The van der Waals surface area contributed by atoms with Gasteiger partial charge in [-0.05, 0) is 90.0 Å². The molecule has 0 aliphatic carbocycles. The molecule has 9 aromatic rings. The van der Waals surface area contributed by atoms with Gasteiger partial charge in [0.05, 0.1) is 56.1 Å². The summed E-state index contributed by atoms with van der Waals surface area (Å²) in [5.74, 6) is 0. The molecule has 0 N–H and O–H groups in total. The maximum Gasteiger partial charge on any atom is 0.0963 e. The normalized spacial score (nSPS) is 12.1. The van der Waals surface area contributed by atoms with Crippen molar-refractivity contribution < 1.29 is 0 Å². The van der Waals surface area contributed by atoms with Crippen molar-refractivity contribution in [2.45, 2.75) is 0 Å². The number of allylic oxidation sites excluding steroid dienone is 3. The van der Waals surface area contributed by atoms with Gasteiger partial charge in [0.15, 0.2) is 0 Å². The Hall–Kier alpha value is -6.92. The van der Waals surface area contributed by atoms with Gasteiger partial charge in [-0.2, -0.15) is 0 Å². The molecular formula is C45H32N6. The molecule has 9 rings (SSSR count). The van der Waals surface area contributed by atoms with E-state index in [4.69, 9.17) is 9.97 Å². The van der Waals surface area contributed by atoms with Gasteiger partial charge in [-0.1, -0.05) is 79.4 Å². The van der Waals surface area contributed by atoms with E-state index >= 15 is 0 Å². The van der Waals surface area contributed by atoms with Crippen LogP contribution in [0.3, 0.4) is 0 Å². The zero-order chi connectivity index (χ0) is 34.3. The second-order valence-corrected chi connectivity index (χ2v) is 12.4. The molecule has 0 unspecified atom stereocenters. The van der Waals surface area contributed by atoms with Gasteiger partial charge in [-0.25, -0.2) is 4.98 Å². The third kappa shape index (κ3) is 5.13. The molecule has 0 aliphatic rings. The lowest BCUT2D eigenvalue weighted by molar-refractivity contribution is 1.14. The molecule has 0 fully saturated rings. The molecule has 5 heterocycles. The van der Waals surface area contributed by atoms with Crippen molar-refractivity contribution in [1.82, 2.24) is 24.1 Å². The Balaban J connectivity index is 1.28. The molecule has 0 saturated carbocycles. The van der Waals surface area contributed by atoms with E-state index in [1.165, 1.54) is 10.8 Å². The van der Waals surface area contributed by atoms with Crippen molar-refractivity contribution in [2.75, 3.05) is 7.05 Å². The number of nitrogens with zero attached hydrogens (tertiary/aromatic N) is 6. The van der Waals surface area contributed by atoms with Gasteiger partial charge in [0.2, 0.25) is 0 Å². The molecule has 0 radical (unpaired) electrons. The molecule has 5 aromatic heterocycles. The van der Waals surface area contributed by atoms with E-state index < -0.39 is 0 Å². The van der Waals surface area contributed by atoms with Crippen LogP contribution in [0.15, 0.2) is 176 Å². The number of rotatable bonds is 7. The van der Waals surface area contributed by atoms with E-state index in [9.17, 15) is 0 Å². The predicted molar refractivity (Wildman–Crippen MR) is 211 cm³/mol. The van der Waals surface area contributed by atoms with Gasteiger partial charge in [0.1, 0.15) is 0 Å². The number of hydrogen-bond acceptors (Lipinski definition) is 4. The van der Waals surface area contributed by atoms with Crippen LogP contribution >= 0.6 is 0 Å². The lowest BCUT2D eigenvalue weighted by Crippen LogP contribution is -2.05. The molecule has 4 aromatic carbocycles. The van der Waals surface area contributed by atoms with Crippen molar-refractivity contribution >= 4 is 49.5 Å². The summed E-state index contributed by atoms with van der Waals surface area (Å²) >= 11 is 0. The van der Waals surface area contributed by atoms with Crippen LogP contribution in [-0.2, 0) is 0 Å². The average molecular weight is 657 g/mol. The minimum atomic E-state index is 0.753. The Bertz CT molecular complexity index is 2820. The van der Waals surface area contributed by atoms with Crippen LogP contribution in [0, 0.1) is 0 Å². The number of hydrogen-bond donors (Lipinski definition) is 0. The summed E-state index contributed by atoms with van der Waals surface area (Å²) in [4.78, 5) is 19.1. The fourth-order valence-electron chi connectivity index (χ4n) is 7.15. The second kappa shape index (κ2) is 12.5. The smallest absolute Gasteiger partial charge is 0.0963 e. The summed E-state index contributed by atoms with van der Waals surface area (Å²) in [6, 6.07) is 46.8. The standard InChI is InChI=1S/C45H32N6/c1-3-4-16-37(46-2)39-28-33(29-40(49-39)38-17-10-11-24-47-38)51-41-18-9-8-15-34(41)35-22-20-31(27-44(35)51)30-21-23-42-36(26-30)45-43(19-12-25-48-45)50(42)32-13-6-5-7-14-32/h3-29H,1H2,2H3/b16-4-,46-37+. The molecule has 6 heteroatoms. The highest BCUT2D eigenvalue weighted by atomic mass is 15.0. The summed E-state index contributed by atoms with van der Waals surface area (Å²) in [6.07, 6.45) is 9.24. The summed E-state index contributed by atoms with van der Waals surface area (Å²) in [7, 11) is 1.79. The molecule has 6 nitrogen and oxygen atoms in total. The number of para-hydroxylation sites is 2. The Morgan fingerprint density at radius 3 is 2.16 bits per heavy atom. The van der Waals surface area contributed by atoms with Crippen molar-refractivity contribution in [3.05, 3.63) is 176 Å². The van der Waals surface area contributed by atoms with Gasteiger partial charge in [-0.3, -0.25) is 15.0 Å². The minimum Gasteiger partial charge on any atom is -0.309 e. The van der Waals surface area contributed by atoms with Gasteiger partial charge in [0, 0.05) is 41.3 Å². The summed E-state index contributed by atoms with van der Waals surface area (Å²) in [5, 5.41) is 3.47. The Kier molecular flexibility index (Phi) is 7.40. The van der Waals surface area contributed by atoms with Gasteiger partial charge < -0.3 is 9.13 Å². The highest BCUT2D eigenvalue weighted by Crippen LogP contribution is 2.38.